The van der Waals surface area contributed by atoms with E-state index >= 15 is 0 Å². The van der Waals surface area contributed by atoms with Crippen LogP contribution in [0.25, 0.3) is 0 Å². The average Bonchev–Trinajstić information content (AvgIpc) is 3.19. The standard InChI is InChI=1S/C13H25N3O2S/c1-12-6-10-16(11-7-12)19(17,18)15(2)9-3-8-14-13-4-5-13/h6,13-14H,3-5,7-11H2,1-2H3. The Morgan fingerprint density at radius 1 is 1.47 bits per heavy atom. The predicted octanol–water partition coefficient (Wildman–Crippen LogP) is 0.957. The topological polar surface area (TPSA) is 52.7 Å². The minimum absolute atomic E-state index is 0.513. The summed E-state index contributed by atoms with van der Waals surface area (Å²) in [6.07, 6.45) is 6.26. The van der Waals surface area contributed by atoms with Gasteiger partial charge in [0.1, 0.15) is 0 Å². The summed E-state index contributed by atoms with van der Waals surface area (Å²) in [4.78, 5) is 0. The molecule has 1 fully saturated rings. The first-order valence-corrected chi connectivity index (χ1v) is 8.50. The maximum absolute atomic E-state index is 12.3. The molecule has 1 N–H and O–H groups in total. The van der Waals surface area contributed by atoms with E-state index in [0.717, 1.165) is 19.4 Å². The van der Waals surface area contributed by atoms with E-state index in [1.807, 2.05) is 6.08 Å². The van der Waals surface area contributed by atoms with Gasteiger partial charge in [-0.1, -0.05) is 11.6 Å². The zero-order chi connectivity index (χ0) is 13.9. The molecule has 19 heavy (non-hydrogen) atoms. The largest absolute Gasteiger partial charge is 0.314 e. The SMILES string of the molecule is CC1=CCN(S(=O)(=O)N(C)CCCNC2CC2)CC1. The molecule has 5 nitrogen and oxygen atoms in total. The minimum Gasteiger partial charge on any atom is -0.314 e. The van der Waals surface area contributed by atoms with Crippen molar-refractivity contribution in [1.82, 2.24) is 13.9 Å². The molecule has 0 bridgehead atoms. The van der Waals surface area contributed by atoms with Gasteiger partial charge in [0, 0.05) is 32.7 Å². The molecule has 0 amide bonds. The molecule has 0 atom stereocenters. The van der Waals surface area contributed by atoms with Gasteiger partial charge in [-0.3, -0.25) is 0 Å². The third kappa shape index (κ3) is 4.27. The maximum Gasteiger partial charge on any atom is 0.282 e. The number of hydrogen-bond acceptors (Lipinski definition) is 3. The first-order chi connectivity index (χ1) is 9.00. The zero-order valence-electron chi connectivity index (χ0n) is 11.9. The second kappa shape index (κ2) is 6.35. The van der Waals surface area contributed by atoms with Crippen molar-refractivity contribution in [2.24, 2.45) is 0 Å². The van der Waals surface area contributed by atoms with Gasteiger partial charge in [-0.25, -0.2) is 0 Å². The van der Waals surface area contributed by atoms with Crippen LogP contribution < -0.4 is 5.32 Å². The Labute approximate surface area is 116 Å². The normalized spacial score (nSPS) is 21.7. The highest BCUT2D eigenvalue weighted by Gasteiger charge is 2.27. The van der Waals surface area contributed by atoms with Gasteiger partial charge in [0.25, 0.3) is 10.2 Å². The van der Waals surface area contributed by atoms with Crippen molar-refractivity contribution in [3.05, 3.63) is 11.6 Å². The molecule has 110 valence electrons. The molecular weight excluding hydrogens is 262 g/mol. The van der Waals surface area contributed by atoms with E-state index in [-0.39, 0.29) is 0 Å². The highest BCUT2D eigenvalue weighted by Crippen LogP contribution is 2.18. The summed E-state index contributed by atoms with van der Waals surface area (Å²) in [6.45, 7) is 4.66. The molecule has 0 aromatic heterocycles. The van der Waals surface area contributed by atoms with Gasteiger partial charge in [0.2, 0.25) is 0 Å². The fraction of sp³-hybridized carbons (Fsp3) is 0.846. The van der Waals surface area contributed by atoms with E-state index < -0.39 is 10.2 Å². The molecule has 0 unspecified atom stereocenters. The monoisotopic (exact) mass is 287 g/mol. The molecule has 0 saturated heterocycles. The summed E-state index contributed by atoms with van der Waals surface area (Å²) in [5.41, 5.74) is 1.28. The Balaban J connectivity index is 1.77. The number of hydrogen-bond donors (Lipinski definition) is 1. The molecule has 1 heterocycles. The Morgan fingerprint density at radius 2 is 2.21 bits per heavy atom. The van der Waals surface area contributed by atoms with Crippen molar-refractivity contribution < 1.29 is 8.42 Å². The minimum atomic E-state index is -3.28. The summed E-state index contributed by atoms with van der Waals surface area (Å²) < 4.78 is 27.7. The second-order valence-corrected chi connectivity index (χ2v) is 7.61. The molecule has 0 radical (unpaired) electrons. The van der Waals surface area contributed by atoms with Gasteiger partial charge in [-0.05, 0) is 39.2 Å². The lowest BCUT2D eigenvalue weighted by Crippen LogP contribution is -2.44. The molecule has 1 aliphatic heterocycles. The average molecular weight is 287 g/mol. The number of nitrogens with zero attached hydrogens (tertiary/aromatic N) is 2. The first kappa shape index (κ1) is 15.0. The van der Waals surface area contributed by atoms with E-state index in [0.29, 0.717) is 25.7 Å². The van der Waals surface area contributed by atoms with Gasteiger partial charge >= 0.3 is 0 Å². The molecule has 2 rings (SSSR count). The lowest BCUT2D eigenvalue weighted by atomic mass is 10.1. The van der Waals surface area contributed by atoms with Crippen LogP contribution in [-0.4, -0.2) is 56.3 Å². The Bertz CT molecular complexity index is 429. The van der Waals surface area contributed by atoms with Crippen LogP contribution in [0.15, 0.2) is 11.6 Å². The van der Waals surface area contributed by atoms with Crippen LogP contribution in [0.5, 0.6) is 0 Å². The molecule has 1 aliphatic carbocycles. The zero-order valence-corrected chi connectivity index (χ0v) is 12.7. The van der Waals surface area contributed by atoms with Crippen LogP contribution in [0.2, 0.25) is 0 Å². The van der Waals surface area contributed by atoms with Crippen LogP contribution in [-0.2, 0) is 10.2 Å². The van der Waals surface area contributed by atoms with E-state index in [9.17, 15) is 8.42 Å². The summed E-state index contributed by atoms with van der Waals surface area (Å²) >= 11 is 0. The predicted molar refractivity (Wildman–Crippen MR) is 77.1 cm³/mol. The van der Waals surface area contributed by atoms with E-state index in [1.54, 1.807) is 11.4 Å². The molecule has 2 aliphatic rings. The Morgan fingerprint density at radius 3 is 2.79 bits per heavy atom. The quantitative estimate of drug-likeness (QED) is 0.560. The highest BCUT2D eigenvalue weighted by atomic mass is 32.2. The summed E-state index contributed by atoms with van der Waals surface area (Å²) in [6, 6.07) is 0.692. The van der Waals surface area contributed by atoms with Crippen molar-refractivity contribution in [3.63, 3.8) is 0 Å². The second-order valence-electron chi connectivity index (χ2n) is 5.57. The van der Waals surface area contributed by atoms with Gasteiger partial charge in [-0.15, -0.1) is 0 Å². The smallest absolute Gasteiger partial charge is 0.282 e. The summed E-state index contributed by atoms with van der Waals surface area (Å²) in [7, 11) is -1.60. The van der Waals surface area contributed by atoms with Gasteiger partial charge in [-0.2, -0.15) is 17.0 Å². The van der Waals surface area contributed by atoms with Crippen molar-refractivity contribution in [2.75, 3.05) is 33.2 Å². The Kier molecular flexibility index (Phi) is 5.00. The Hall–Kier alpha value is -0.430. The third-order valence-electron chi connectivity index (χ3n) is 3.78. The van der Waals surface area contributed by atoms with E-state index in [1.165, 1.54) is 22.7 Å². The van der Waals surface area contributed by atoms with Gasteiger partial charge in [0.15, 0.2) is 0 Å². The number of nitrogens with one attached hydrogen (secondary N) is 1. The lowest BCUT2D eigenvalue weighted by Gasteiger charge is -2.29. The molecule has 0 aromatic carbocycles. The van der Waals surface area contributed by atoms with E-state index in [4.69, 9.17) is 0 Å². The molecular formula is C13H25N3O2S. The van der Waals surface area contributed by atoms with Crippen molar-refractivity contribution >= 4 is 10.2 Å². The molecule has 1 saturated carbocycles. The number of rotatable bonds is 7. The van der Waals surface area contributed by atoms with E-state index in [2.05, 4.69) is 12.2 Å². The summed E-state index contributed by atoms with van der Waals surface area (Å²) in [5, 5.41) is 3.40. The van der Waals surface area contributed by atoms with Gasteiger partial charge in [0.05, 0.1) is 0 Å². The third-order valence-corrected chi connectivity index (χ3v) is 5.73. The fourth-order valence-corrected chi connectivity index (χ4v) is 3.51. The van der Waals surface area contributed by atoms with Crippen LogP contribution in [0.3, 0.4) is 0 Å². The highest BCUT2D eigenvalue weighted by molar-refractivity contribution is 7.86. The van der Waals surface area contributed by atoms with Crippen LogP contribution in [0.4, 0.5) is 0 Å². The maximum atomic E-state index is 12.3. The lowest BCUT2D eigenvalue weighted by molar-refractivity contribution is 0.367. The fourth-order valence-electron chi connectivity index (χ4n) is 2.17. The molecule has 0 aromatic rings. The van der Waals surface area contributed by atoms with Gasteiger partial charge < -0.3 is 5.32 Å². The van der Waals surface area contributed by atoms with Crippen LogP contribution in [0.1, 0.15) is 32.6 Å². The molecule has 6 heteroatoms. The van der Waals surface area contributed by atoms with Crippen molar-refractivity contribution in [3.8, 4) is 0 Å². The molecule has 0 spiro atoms. The summed E-state index contributed by atoms with van der Waals surface area (Å²) in [5.74, 6) is 0. The first-order valence-electron chi connectivity index (χ1n) is 7.10. The van der Waals surface area contributed by atoms with Crippen LogP contribution in [0, 0.1) is 0 Å². The van der Waals surface area contributed by atoms with Crippen molar-refractivity contribution in [2.45, 2.75) is 38.6 Å². The van der Waals surface area contributed by atoms with Crippen molar-refractivity contribution in [1.29, 1.82) is 0 Å². The van der Waals surface area contributed by atoms with Crippen LogP contribution >= 0.6 is 0 Å².